The number of hydrogen-bond donors (Lipinski definition) is 2. The normalized spacial score (nSPS) is 29.3. The van der Waals surface area contributed by atoms with E-state index in [1.807, 2.05) is 0 Å². The minimum absolute atomic E-state index is 0.0459. The molecule has 3 N–H and O–H groups in total. The Morgan fingerprint density at radius 1 is 1.37 bits per heavy atom. The molecule has 2 heterocycles. The predicted octanol–water partition coefficient (Wildman–Crippen LogP) is 1.35. The summed E-state index contributed by atoms with van der Waals surface area (Å²) in [5, 5.41) is 3.26. The Morgan fingerprint density at radius 3 is 2.74 bits per heavy atom. The summed E-state index contributed by atoms with van der Waals surface area (Å²) >= 11 is 0. The van der Waals surface area contributed by atoms with Crippen molar-refractivity contribution in [2.45, 2.75) is 58.5 Å². The zero-order chi connectivity index (χ0) is 14.0. The third kappa shape index (κ3) is 3.69. The average molecular weight is 267 g/mol. The molecular formula is C15H29N3O. The molecule has 19 heavy (non-hydrogen) atoms. The molecule has 0 spiro atoms. The number of nitrogens with zero attached hydrogens (tertiary/aromatic N) is 1. The van der Waals surface area contributed by atoms with Crippen molar-refractivity contribution < 1.29 is 4.79 Å². The van der Waals surface area contributed by atoms with Crippen molar-refractivity contribution in [3.8, 4) is 0 Å². The number of fused-ring (bicyclic) bond motifs is 1. The minimum atomic E-state index is -0.0459. The Hall–Kier alpha value is -0.610. The maximum absolute atomic E-state index is 12.4. The molecule has 2 aliphatic rings. The van der Waals surface area contributed by atoms with Gasteiger partial charge in [0.1, 0.15) is 0 Å². The third-order valence-corrected chi connectivity index (χ3v) is 4.45. The fourth-order valence-electron chi connectivity index (χ4n) is 3.57. The minimum Gasteiger partial charge on any atom is -0.351 e. The van der Waals surface area contributed by atoms with E-state index in [-0.39, 0.29) is 17.2 Å². The van der Waals surface area contributed by atoms with Gasteiger partial charge in [-0.1, -0.05) is 20.8 Å². The molecule has 2 fully saturated rings. The molecular weight excluding hydrogens is 238 g/mol. The molecule has 2 saturated heterocycles. The van der Waals surface area contributed by atoms with Crippen LogP contribution in [0.25, 0.3) is 0 Å². The fraction of sp³-hybridized carbons (Fsp3) is 0.933. The second kappa shape index (κ2) is 5.80. The van der Waals surface area contributed by atoms with Crippen molar-refractivity contribution in [2.24, 2.45) is 17.1 Å². The van der Waals surface area contributed by atoms with Gasteiger partial charge >= 0.3 is 0 Å². The number of nitrogens with one attached hydrogen (secondary N) is 1. The molecule has 110 valence electrons. The molecule has 0 aromatic carbocycles. The monoisotopic (exact) mass is 267 g/mol. The van der Waals surface area contributed by atoms with Crippen molar-refractivity contribution in [3.63, 3.8) is 0 Å². The van der Waals surface area contributed by atoms with E-state index in [2.05, 4.69) is 31.0 Å². The van der Waals surface area contributed by atoms with Gasteiger partial charge in [0.15, 0.2) is 0 Å². The largest absolute Gasteiger partial charge is 0.351 e. The Kier molecular flexibility index (Phi) is 4.51. The molecule has 0 aromatic rings. The number of rotatable bonds is 4. The van der Waals surface area contributed by atoms with Crippen LogP contribution in [-0.2, 0) is 4.79 Å². The summed E-state index contributed by atoms with van der Waals surface area (Å²) in [5.41, 5.74) is 5.94. The molecule has 4 heteroatoms. The van der Waals surface area contributed by atoms with Gasteiger partial charge in [-0.3, -0.25) is 9.69 Å². The van der Waals surface area contributed by atoms with Crippen molar-refractivity contribution in [3.05, 3.63) is 0 Å². The van der Waals surface area contributed by atoms with Crippen LogP contribution in [0.5, 0.6) is 0 Å². The van der Waals surface area contributed by atoms with E-state index < -0.39 is 0 Å². The van der Waals surface area contributed by atoms with Gasteiger partial charge in [0.25, 0.3) is 0 Å². The van der Waals surface area contributed by atoms with E-state index in [1.165, 1.54) is 19.4 Å². The van der Waals surface area contributed by atoms with Crippen LogP contribution in [0.3, 0.4) is 0 Å². The summed E-state index contributed by atoms with van der Waals surface area (Å²) < 4.78 is 0. The highest BCUT2D eigenvalue weighted by molar-refractivity contribution is 5.79. The van der Waals surface area contributed by atoms with Crippen LogP contribution in [0.1, 0.15) is 46.5 Å². The van der Waals surface area contributed by atoms with E-state index in [0.29, 0.717) is 18.6 Å². The van der Waals surface area contributed by atoms with Gasteiger partial charge in [0.05, 0.1) is 5.92 Å². The highest BCUT2D eigenvalue weighted by Gasteiger charge is 2.38. The predicted molar refractivity (Wildman–Crippen MR) is 77.8 cm³/mol. The lowest BCUT2D eigenvalue weighted by Gasteiger charge is -2.27. The maximum Gasteiger partial charge on any atom is 0.224 e. The zero-order valence-electron chi connectivity index (χ0n) is 12.6. The summed E-state index contributed by atoms with van der Waals surface area (Å²) in [6.45, 7) is 9.29. The standard InChI is InChI=1S/C15H29N3O/c1-15(2,3)9-11(10-16)14(19)17-12-6-8-18-7-4-5-13(12)18/h11-13H,4-10,16H2,1-3H3,(H,17,19). The molecule has 0 aromatic heterocycles. The Labute approximate surface area is 117 Å². The highest BCUT2D eigenvalue weighted by Crippen LogP contribution is 2.29. The lowest BCUT2D eigenvalue weighted by molar-refractivity contribution is -0.126. The van der Waals surface area contributed by atoms with Crippen LogP contribution in [0.4, 0.5) is 0 Å². The van der Waals surface area contributed by atoms with E-state index >= 15 is 0 Å². The molecule has 4 nitrogen and oxygen atoms in total. The zero-order valence-corrected chi connectivity index (χ0v) is 12.6. The SMILES string of the molecule is CC(C)(C)CC(CN)C(=O)NC1CCN2CCCC12. The van der Waals surface area contributed by atoms with Crippen LogP contribution in [0, 0.1) is 11.3 Å². The van der Waals surface area contributed by atoms with Crippen molar-refractivity contribution in [1.29, 1.82) is 0 Å². The molecule has 2 aliphatic heterocycles. The van der Waals surface area contributed by atoms with Crippen LogP contribution < -0.4 is 11.1 Å². The number of hydrogen-bond acceptors (Lipinski definition) is 3. The summed E-state index contributed by atoms with van der Waals surface area (Å²) in [7, 11) is 0. The van der Waals surface area contributed by atoms with Crippen LogP contribution in [0.2, 0.25) is 0 Å². The summed E-state index contributed by atoms with van der Waals surface area (Å²) in [6, 6.07) is 0.932. The van der Waals surface area contributed by atoms with Gasteiger partial charge in [-0.25, -0.2) is 0 Å². The first kappa shape index (κ1) is 14.8. The fourth-order valence-corrected chi connectivity index (χ4v) is 3.57. The number of nitrogens with two attached hydrogens (primary N) is 1. The Morgan fingerprint density at radius 2 is 2.11 bits per heavy atom. The smallest absolute Gasteiger partial charge is 0.224 e. The highest BCUT2D eigenvalue weighted by atomic mass is 16.2. The number of carbonyl (C=O) groups excluding carboxylic acids is 1. The van der Waals surface area contributed by atoms with Crippen molar-refractivity contribution in [1.82, 2.24) is 10.2 Å². The lowest BCUT2D eigenvalue weighted by Crippen LogP contribution is -2.46. The number of carbonyl (C=O) groups is 1. The molecule has 3 atom stereocenters. The van der Waals surface area contributed by atoms with E-state index in [4.69, 9.17) is 5.73 Å². The molecule has 2 rings (SSSR count). The van der Waals surface area contributed by atoms with Gasteiger partial charge in [0.2, 0.25) is 5.91 Å². The first-order chi connectivity index (χ1) is 8.90. The van der Waals surface area contributed by atoms with Gasteiger partial charge in [-0.2, -0.15) is 0 Å². The topological polar surface area (TPSA) is 58.4 Å². The van der Waals surface area contributed by atoms with Crippen LogP contribution in [0.15, 0.2) is 0 Å². The molecule has 0 bridgehead atoms. The van der Waals surface area contributed by atoms with Crippen molar-refractivity contribution >= 4 is 5.91 Å². The second-order valence-corrected chi connectivity index (χ2v) is 7.35. The van der Waals surface area contributed by atoms with E-state index in [9.17, 15) is 4.79 Å². The van der Waals surface area contributed by atoms with E-state index in [0.717, 1.165) is 19.4 Å². The average Bonchev–Trinajstić information content (AvgIpc) is 2.89. The van der Waals surface area contributed by atoms with Crippen LogP contribution >= 0.6 is 0 Å². The van der Waals surface area contributed by atoms with Crippen LogP contribution in [-0.4, -0.2) is 42.5 Å². The third-order valence-electron chi connectivity index (χ3n) is 4.45. The molecule has 0 saturated carbocycles. The van der Waals surface area contributed by atoms with Gasteiger partial charge in [-0.05, 0) is 37.6 Å². The molecule has 0 aliphatic carbocycles. The first-order valence-electron chi connectivity index (χ1n) is 7.65. The maximum atomic E-state index is 12.4. The summed E-state index contributed by atoms with van der Waals surface area (Å²) in [4.78, 5) is 14.9. The Bertz CT molecular complexity index is 324. The van der Waals surface area contributed by atoms with Gasteiger partial charge in [0, 0.05) is 25.2 Å². The van der Waals surface area contributed by atoms with Crippen molar-refractivity contribution in [2.75, 3.05) is 19.6 Å². The molecule has 0 radical (unpaired) electrons. The first-order valence-corrected chi connectivity index (χ1v) is 7.65. The number of amides is 1. The van der Waals surface area contributed by atoms with Gasteiger partial charge < -0.3 is 11.1 Å². The molecule has 1 amide bonds. The second-order valence-electron chi connectivity index (χ2n) is 7.35. The lowest BCUT2D eigenvalue weighted by atomic mass is 9.84. The van der Waals surface area contributed by atoms with E-state index in [1.54, 1.807) is 0 Å². The van der Waals surface area contributed by atoms with Gasteiger partial charge in [-0.15, -0.1) is 0 Å². The molecule has 3 unspecified atom stereocenters. The quantitative estimate of drug-likeness (QED) is 0.808. The summed E-state index contributed by atoms with van der Waals surface area (Å²) in [5.74, 6) is 0.117. The summed E-state index contributed by atoms with van der Waals surface area (Å²) in [6.07, 6.45) is 4.47. The Balaban J connectivity index is 1.89.